The predicted molar refractivity (Wildman–Crippen MR) is 101 cm³/mol. The number of thioether (sulfide) groups is 1. The summed E-state index contributed by atoms with van der Waals surface area (Å²) in [5.41, 5.74) is 1.58. The topological polar surface area (TPSA) is 61.7 Å². The second-order valence-corrected chi connectivity index (χ2v) is 7.47. The Balaban J connectivity index is 1.84. The first-order valence-corrected chi connectivity index (χ1v) is 8.95. The van der Waals surface area contributed by atoms with Crippen molar-refractivity contribution < 1.29 is 9.90 Å². The summed E-state index contributed by atoms with van der Waals surface area (Å²) in [5, 5.41) is 12.8. The second-order valence-electron chi connectivity index (χ2n) is 4.67. The average molecular weight is 454 g/mol. The van der Waals surface area contributed by atoms with Gasteiger partial charge in [0.25, 0.3) is 5.91 Å². The smallest absolute Gasteiger partial charge is 0.264 e. The quantitative estimate of drug-likeness (QED) is 0.641. The van der Waals surface area contributed by atoms with Gasteiger partial charge in [-0.25, -0.2) is 4.99 Å². The molecule has 0 bridgehead atoms. The Morgan fingerprint density at radius 1 is 1.17 bits per heavy atom. The van der Waals surface area contributed by atoms with Crippen LogP contribution in [0.2, 0.25) is 0 Å². The molecule has 1 saturated heterocycles. The molecule has 7 heteroatoms. The number of aromatic hydroxyl groups is 1. The molecule has 2 aromatic carbocycles. The molecule has 0 saturated carbocycles. The summed E-state index contributed by atoms with van der Waals surface area (Å²) in [4.78, 5) is 17.0. The van der Waals surface area contributed by atoms with Gasteiger partial charge in [0.15, 0.2) is 5.17 Å². The van der Waals surface area contributed by atoms with Crippen molar-refractivity contribution in [3.63, 3.8) is 0 Å². The number of phenols is 1. The maximum absolute atomic E-state index is 12.0. The Morgan fingerprint density at radius 3 is 2.74 bits per heavy atom. The van der Waals surface area contributed by atoms with E-state index in [0.717, 1.165) is 15.7 Å². The fourth-order valence-corrected chi connectivity index (χ4v) is 3.53. The number of rotatable bonds is 2. The molecule has 3 rings (SSSR count). The number of nitrogens with one attached hydrogen (secondary N) is 1. The van der Waals surface area contributed by atoms with E-state index in [-0.39, 0.29) is 11.7 Å². The molecule has 1 aliphatic rings. The molecule has 1 aliphatic heterocycles. The summed E-state index contributed by atoms with van der Waals surface area (Å²) in [6.45, 7) is 0. The van der Waals surface area contributed by atoms with Crippen molar-refractivity contribution in [1.82, 2.24) is 5.32 Å². The molecule has 23 heavy (non-hydrogen) atoms. The summed E-state index contributed by atoms with van der Waals surface area (Å²) < 4.78 is 1.51. The number of hydrogen-bond donors (Lipinski definition) is 2. The third-order valence-corrected chi connectivity index (χ3v) is 5.00. The van der Waals surface area contributed by atoms with Gasteiger partial charge >= 0.3 is 0 Å². The van der Waals surface area contributed by atoms with E-state index in [0.29, 0.717) is 14.5 Å². The normalized spacial score (nSPS) is 17.7. The monoisotopic (exact) mass is 452 g/mol. The number of amides is 1. The van der Waals surface area contributed by atoms with Crippen molar-refractivity contribution in [3.8, 4) is 5.75 Å². The molecule has 0 unspecified atom stereocenters. The van der Waals surface area contributed by atoms with E-state index in [1.165, 1.54) is 11.8 Å². The van der Waals surface area contributed by atoms with Gasteiger partial charge in [0.1, 0.15) is 5.75 Å². The number of carbonyl (C=O) groups excluding carboxylic acids is 1. The van der Waals surface area contributed by atoms with Crippen LogP contribution in [-0.2, 0) is 4.79 Å². The minimum Gasteiger partial charge on any atom is -0.507 e. The SMILES string of the molecule is O=C1NC(=Nc2cccc(Br)c2)SC1=Cc1ccc(O)c(Br)c1. The molecule has 4 nitrogen and oxygen atoms in total. The number of phenolic OH excluding ortho intramolecular Hbond substituents is 1. The number of nitrogens with zero attached hydrogens (tertiary/aromatic N) is 1. The zero-order valence-corrected chi connectivity index (χ0v) is 15.6. The summed E-state index contributed by atoms with van der Waals surface area (Å²) in [7, 11) is 0. The predicted octanol–water partition coefficient (Wildman–Crippen LogP) is 4.81. The number of benzene rings is 2. The Morgan fingerprint density at radius 2 is 2.00 bits per heavy atom. The van der Waals surface area contributed by atoms with E-state index < -0.39 is 0 Å². The lowest BCUT2D eigenvalue weighted by Crippen LogP contribution is -2.19. The number of hydrogen-bond acceptors (Lipinski definition) is 4. The largest absolute Gasteiger partial charge is 0.507 e. The van der Waals surface area contributed by atoms with Crippen LogP contribution in [0, 0.1) is 0 Å². The van der Waals surface area contributed by atoms with Crippen LogP contribution in [0.25, 0.3) is 6.08 Å². The zero-order chi connectivity index (χ0) is 16.4. The van der Waals surface area contributed by atoms with E-state index in [1.807, 2.05) is 24.3 Å². The third-order valence-electron chi connectivity index (χ3n) is 2.96. The summed E-state index contributed by atoms with van der Waals surface area (Å²) >= 11 is 7.93. The van der Waals surface area contributed by atoms with Gasteiger partial charge in [-0.2, -0.15) is 0 Å². The van der Waals surface area contributed by atoms with Gasteiger partial charge in [0.2, 0.25) is 0 Å². The van der Waals surface area contributed by atoms with Crippen molar-refractivity contribution in [2.24, 2.45) is 4.99 Å². The lowest BCUT2D eigenvalue weighted by atomic mass is 10.2. The molecule has 1 heterocycles. The van der Waals surface area contributed by atoms with Crippen LogP contribution in [0.5, 0.6) is 5.75 Å². The van der Waals surface area contributed by atoms with E-state index in [4.69, 9.17) is 0 Å². The van der Waals surface area contributed by atoms with Gasteiger partial charge in [-0.05, 0) is 69.7 Å². The van der Waals surface area contributed by atoms with Gasteiger partial charge in [0, 0.05) is 4.47 Å². The third kappa shape index (κ3) is 4.04. The summed E-state index contributed by atoms with van der Waals surface area (Å²) in [6.07, 6.45) is 1.76. The van der Waals surface area contributed by atoms with Gasteiger partial charge < -0.3 is 10.4 Å². The summed E-state index contributed by atoms with van der Waals surface area (Å²) in [5.74, 6) is -0.0273. The second kappa shape index (κ2) is 6.90. The lowest BCUT2D eigenvalue weighted by molar-refractivity contribution is -0.115. The van der Waals surface area contributed by atoms with Gasteiger partial charge in [-0.3, -0.25) is 4.79 Å². The van der Waals surface area contributed by atoms with Crippen molar-refractivity contribution >= 4 is 66.5 Å². The molecule has 0 aromatic heterocycles. The highest BCUT2D eigenvalue weighted by atomic mass is 79.9. The van der Waals surface area contributed by atoms with Crippen LogP contribution in [0.15, 0.2) is 61.3 Å². The van der Waals surface area contributed by atoms with Crippen molar-refractivity contribution in [2.75, 3.05) is 0 Å². The van der Waals surface area contributed by atoms with Crippen LogP contribution in [0.3, 0.4) is 0 Å². The number of amidine groups is 1. The molecule has 0 spiro atoms. The first kappa shape index (κ1) is 16.3. The van der Waals surface area contributed by atoms with E-state index in [1.54, 1.807) is 24.3 Å². The van der Waals surface area contributed by atoms with E-state index >= 15 is 0 Å². The Bertz CT molecular complexity index is 850. The van der Waals surface area contributed by atoms with Crippen molar-refractivity contribution in [2.45, 2.75) is 0 Å². The average Bonchev–Trinajstić information content (AvgIpc) is 2.83. The van der Waals surface area contributed by atoms with Crippen LogP contribution in [0.1, 0.15) is 5.56 Å². The molecule has 0 aliphatic carbocycles. The Labute approximate surface area is 154 Å². The zero-order valence-electron chi connectivity index (χ0n) is 11.6. The number of aliphatic imine (C=N–C) groups is 1. The molecule has 0 atom stereocenters. The van der Waals surface area contributed by atoms with Crippen LogP contribution < -0.4 is 5.32 Å². The molecule has 2 N–H and O–H groups in total. The van der Waals surface area contributed by atoms with Crippen molar-refractivity contribution in [3.05, 3.63) is 61.9 Å². The first-order chi connectivity index (χ1) is 11.0. The highest BCUT2D eigenvalue weighted by molar-refractivity contribution is 9.10. The number of halogens is 2. The molecule has 1 amide bonds. The Hall–Kier alpha value is -1.57. The molecule has 116 valence electrons. The van der Waals surface area contributed by atoms with E-state index in [2.05, 4.69) is 42.2 Å². The minimum atomic E-state index is -0.187. The highest BCUT2D eigenvalue weighted by Gasteiger charge is 2.23. The molecule has 1 fully saturated rings. The van der Waals surface area contributed by atoms with Crippen LogP contribution in [-0.4, -0.2) is 16.2 Å². The summed E-state index contributed by atoms with van der Waals surface area (Å²) in [6, 6.07) is 12.6. The standard InChI is InChI=1S/C16H10Br2N2O2S/c17-10-2-1-3-11(8-10)19-16-20-15(22)14(23-16)7-9-4-5-13(21)12(18)6-9/h1-8,21H,(H,19,20,22). The molecular formula is C16H10Br2N2O2S. The van der Waals surface area contributed by atoms with Gasteiger partial charge in [-0.1, -0.05) is 28.1 Å². The fraction of sp³-hybridized carbons (Fsp3) is 0. The van der Waals surface area contributed by atoms with E-state index in [9.17, 15) is 9.90 Å². The molecule has 0 radical (unpaired) electrons. The number of carbonyl (C=O) groups is 1. The van der Waals surface area contributed by atoms with Crippen LogP contribution >= 0.6 is 43.6 Å². The highest BCUT2D eigenvalue weighted by Crippen LogP contribution is 2.30. The molecular weight excluding hydrogens is 444 g/mol. The van der Waals surface area contributed by atoms with Gasteiger partial charge in [-0.15, -0.1) is 0 Å². The minimum absolute atomic E-state index is 0.160. The lowest BCUT2D eigenvalue weighted by Gasteiger charge is -1.99. The van der Waals surface area contributed by atoms with Crippen molar-refractivity contribution in [1.29, 1.82) is 0 Å². The molecule has 2 aromatic rings. The van der Waals surface area contributed by atoms with Crippen LogP contribution in [0.4, 0.5) is 5.69 Å². The Kier molecular flexibility index (Phi) is 4.89. The first-order valence-electron chi connectivity index (χ1n) is 6.55. The maximum atomic E-state index is 12.0. The fourth-order valence-electron chi connectivity index (χ4n) is 1.91. The van der Waals surface area contributed by atoms with Gasteiger partial charge in [0.05, 0.1) is 15.1 Å². The maximum Gasteiger partial charge on any atom is 0.264 e.